The Morgan fingerprint density at radius 3 is 3.00 bits per heavy atom. The first-order chi connectivity index (χ1) is 11.2. The van der Waals surface area contributed by atoms with Gasteiger partial charge in [0, 0.05) is 12.4 Å². The number of hydrogen-bond acceptors (Lipinski definition) is 6. The van der Waals surface area contributed by atoms with Crippen molar-refractivity contribution >= 4 is 28.5 Å². The van der Waals surface area contributed by atoms with Crippen LogP contribution in [0.15, 0.2) is 45.3 Å². The summed E-state index contributed by atoms with van der Waals surface area (Å²) in [6.45, 7) is 0.217. The monoisotopic (exact) mass is 347 g/mol. The van der Waals surface area contributed by atoms with Crippen LogP contribution < -0.4 is 5.56 Å². The van der Waals surface area contributed by atoms with Crippen LogP contribution in [-0.4, -0.2) is 24.3 Å². The molecule has 0 aliphatic rings. The summed E-state index contributed by atoms with van der Waals surface area (Å²) in [4.78, 5) is 17.7. The Balaban J connectivity index is 1.74. The first-order valence-corrected chi connectivity index (χ1v) is 8.16. The molecule has 0 unspecified atom stereocenters. The van der Waals surface area contributed by atoms with Gasteiger partial charge in [-0.3, -0.25) is 4.79 Å². The molecule has 0 spiro atoms. The number of hydrogen-bond donors (Lipinski definition) is 0. The second kappa shape index (κ2) is 5.64. The van der Waals surface area contributed by atoms with Gasteiger partial charge in [0.05, 0.1) is 11.4 Å². The van der Waals surface area contributed by atoms with E-state index in [1.165, 1.54) is 4.57 Å². The fourth-order valence-electron chi connectivity index (χ4n) is 2.26. The van der Waals surface area contributed by atoms with Crippen LogP contribution in [0, 0.1) is 0 Å². The van der Waals surface area contributed by atoms with Gasteiger partial charge in [-0.15, -0.1) is 22.9 Å². The van der Waals surface area contributed by atoms with Crippen molar-refractivity contribution in [1.29, 1.82) is 0 Å². The minimum absolute atomic E-state index is 0.147. The summed E-state index contributed by atoms with van der Waals surface area (Å²) in [5, 5.41) is 10.2. The van der Waals surface area contributed by atoms with E-state index in [1.54, 1.807) is 34.3 Å². The highest BCUT2D eigenvalue weighted by atomic mass is 35.5. The summed E-state index contributed by atoms with van der Waals surface area (Å²) in [5.74, 6) is 0.888. The molecule has 0 atom stereocenters. The number of aromatic nitrogens is 5. The first kappa shape index (κ1) is 14.2. The van der Waals surface area contributed by atoms with E-state index in [4.69, 9.17) is 16.1 Å². The van der Waals surface area contributed by atoms with Gasteiger partial charge in [0.25, 0.3) is 5.56 Å². The van der Waals surface area contributed by atoms with Crippen LogP contribution in [0.1, 0.15) is 11.7 Å². The van der Waals surface area contributed by atoms with Crippen molar-refractivity contribution in [1.82, 2.24) is 24.3 Å². The summed E-state index contributed by atoms with van der Waals surface area (Å²) in [6.07, 6.45) is 3.38. The summed E-state index contributed by atoms with van der Waals surface area (Å²) in [7, 11) is 0. The zero-order valence-electron chi connectivity index (χ0n) is 11.7. The second-order valence-electron chi connectivity index (χ2n) is 4.81. The van der Waals surface area contributed by atoms with Gasteiger partial charge in [0.15, 0.2) is 5.82 Å². The van der Waals surface area contributed by atoms with E-state index in [9.17, 15) is 4.79 Å². The van der Waals surface area contributed by atoms with Crippen molar-refractivity contribution in [3.8, 4) is 10.6 Å². The lowest BCUT2D eigenvalue weighted by Crippen LogP contribution is -2.22. The van der Waals surface area contributed by atoms with Gasteiger partial charge in [-0.05, 0) is 17.5 Å². The van der Waals surface area contributed by atoms with Crippen LogP contribution in [0.5, 0.6) is 0 Å². The second-order valence-corrected chi connectivity index (χ2v) is 6.02. The first-order valence-electron chi connectivity index (χ1n) is 6.75. The predicted molar refractivity (Wildman–Crippen MR) is 85.7 cm³/mol. The molecule has 0 radical (unpaired) electrons. The third kappa shape index (κ3) is 2.55. The topological polar surface area (TPSA) is 78.2 Å². The highest BCUT2D eigenvalue weighted by Crippen LogP contribution is 2.23. The average molecular weight is 348 g/mol. The van der Waals surface area contributed by atoms with Gasteiger partial charge >= 0.3 is 0 Å². The van der Waals surface area contributed by atoms with Crippen molar-refractivity contribution in [3.05, 3.63) is 58.0 Å². The zero-order chi connectivity index (χ0) is 15.8. The number of nitrogens with zero attached hydrogens (tertiary/aromatic N) is 5. The van der Waals surface area contributed by atoms with Crippen LogP contribution in [0.3, 0.4) is 0 Å². The molecule has 0 saturated heterocycles. The maximum absolute atomic E-state index is 12.6. The molecule has 4 aromatic rings. The molecule has 7 nitrogen and oxygen atoms in total. The van der Waals surface area contributed by atoms with E-state index in [-0.39, 0.29) is 18.0 Å². The highest BCUT2D eigenvalue weighted by Gasteiger charge is 2.12. The maximum atomic E-state index is 12.6. The van der Waals surface area contributed by atoms with Crippen molar-refractivity contribution in [2.75, 3.05) is 0 Å². The average Bonchev–Trinajstić information content (AvgIpc) is 3.29. The van der Waals surface area contributed by atoms with Gasteiger partial charge in [-0.25, -0.2) is 4.52 Å². The summed E-state index contributed by atoms with van der Waals surface area (Å²) in [6, 6.07) is 5.70. The molecule has 4 aromatic heterocycles. The lowest BCUT2D eigenvalue weighted by Gasteiger charge is -2.01. The molecule has 0 N–H and O–H groups in total. The molecular weight excluding hydrogens is 338 g/mol. The molecule has 4 heterocycles. The molecule has 0 aliphatic heterocycles. The third-order valence-electron chi connectivity index (χ3n) is 3.31. The molecule has 9 heteroatoms. The fraction of sp³-hybridized carbons (Fsp3) is 0.143. The number of alkyl halides is 1. The molecule has 0 aliphatic carbocycles. The molecule has 0 amide bonds. The SMILES string of the molecule is O=c1c2cc(-c3cccs3)nn2ccn1Cc1noc(CCl)n1. The molecular formula is C14H10ClN5O2S. The van der Waals surface area contributed by atoms with Crippen LogP contribution in [-0.2, 0) is 12.4 Å². The number of fused-ring (bicyclic) bond motifs is 1. The van der Waals surface area contributed by atoms with Gasteiger partial charge in [0.1, 0.15) is 17.1 Å². The quantitative estimate of drug-likeness (QED) is 0.530. The predicted octanol–water partition coefficient (Wildman–Crippen LogP) is 2.39. The Bertz CT molecular complexity index is 1020. The molecule has 4 rings (SSSR count). The van der Waals surface area contributed by atoms with Gasteiger partial charge < -0.3 is 9.09 Å². The van der Waals surface area contributed by atoms with Gasteiger partial charge in [-0.2, -0.15) is 10.1 Å². The van der Waals surface area contributed by atoms with Gasteiger partial charge in [-0.1, -0.05) is 11.2 Å². The van der Waals surface area contributed by atoms with Crippen molar-refractivity contribution < 1.29 is 4.52 Å². The molecule has 0 fully saturated rings. The van der Waals surface area contributed by atoms with Crippen LogP contribution in [0.4, 0.5) is 0 Å². The Kier molecular flexibility index (Phi) is 3.47. The van der Waals surface area contributed by atoms with E-state index in [0.29, 0.717) is 17.2 Å². The number of rotatable bonds is 4. The standard InChI is InChI=1S/C14H10ClN5O2S/c15-7-13-16-12(18-22-13)8-19-3-4-20-10(14(19)21)6-9(17-20)11-2-1-5-23-11/h1-6H,7-8H2. The van der Waals surface area contributed by atoms with E-state index in [1.807, 2.05) is 17.5 Å². The minimum atomic E-state index is -0.167. The third-order valence-corrected chi connectivity index (χ3v) is 4.43. The smallest absolute Gasteiger partial charge is 0.277 e. The summed E-state index contributed by atoms with van der Waals surface area (Å²) in [5.41, 5.74) is 1.11. The van der Waals surface area contributed by atoms with E-state index < -0.39 is 0 Å². The zero-order valence-corrected chi connectivity index (χ0v) is 13.3. The normalized spacial score (nSPS) is 11.3. The lowest BCUT2D eigenvalue weighted by molar-refractivity contribution is 0.382. The van der Waals surface area contributed by atoms with Crippen LogP contribution in [0.2, 0.25) is 0 Å². The minimum Gasteiger partial charge on any atom is -0.338 e. The van der Waals surface area contributed by atoms with E-state index >= 15 is 0 Å². The van der Waals surface area contributed by atoms with E-state index in [2.05, 4.69) is 15.2 Å². The highest BCUT2D eigenvalue weighted by molar-refractivity contribution is 7.13. The van der Waals surface area contributed by atoms with Crippen LogP contribution >= 0.6 is 22.9 Å². The van der Waals surface area contributed by atoms with Gasteiger partial charge in [0.2, 0.25) is 5.89 Å². The summed E-state index contributed by atoms with van der Waals surface area (Å²) >= 11 is 7.21. The molecule has 0 aromatic carbocycles. The molecule has 116 valence electrons. The van der Waals surface area contributed by atoms with Crippen molar-refractivity contribution in [2.24, 2.45) is 0 Å². The number of thiophene rings is 1. The van der Waals surface area contributed by atoms with Crippen molar-refractivity contribution in [3.63, 3.8) is 0 Å². The van der Waals surface area contributed by atoms with E-state index in [0.717, 1.165) is 10.6 Å². The Morgan fingerprint density at radius 2 is 2.26 bits per heavy atom. The van der Waals surface area contributed by atoms with Crippen molar-refractivity contribution in [2.45, 2.75) is 12.4 Å². The number of halogens is 1. The van der Waals surface area contributed by atoms with Crippen LogP contribution in [0.25, 0.3) is 16.1 Å². The molecule has 0 saturated carbocycles. The fourth-order valence-corrected chi connectivity index (χ4v) is 3.05. The Morgan fingerprint density at radius 1 is 1.35 bits per heavy atom. The molecule has 23 heavy (non-hydrogen) atoms. The molecule has 0 bridgehead atoms. The Labute approximate surface area is 138 Å². The lowest BCUT2D eigenvalue weighted by atomic mass is 10.3. The largest absolute Gasteiger partial charge is 0.338 e. The maximum Gasteiger partial charge on any atom is 0.277 e. The summed E-state index contributed by atoms with van der Waals surface area (Å²) < 4.78 is 8.03. The Hall–Kier alpha value is -2.45.